The molecule has 0 bridgehead atoms. The summed E-state index contributed by atoms with van der Waals surface area (Å²) in [6.45, 7) is 17.3. The Kier molecular flexibility index (Phi) is 15.6. The molecule has 6 aliphatic carbocycles. The molecule has 0 radical (unpaired) electrons. The third kappa shape index (κ3) is 9.97. The Morgan fingerprint density at radius 1 is 0.533 bits per heavy atom. The topological polar surface area (TPSA) is 0 Å². The predicted octanol–water partition coefficient (Wildman–Crippen LogP) is 20.9. The zero-order valence-corrected chi connectivity index (χ0v) is 45.3. The zero-order chi connectivity index (χ0) is 51.9. The Morgan fingerprint density at radius 3 is 1.79 bits per heavy atom. The molecule has 75 heavy (non-hydrogen) atoms. The lowest BCUT2D eigenvalue weighted by Gasteiger charge is -2.38. The van der Waals surface area contributed by atoms with E-state index in [2.05, 4.69) is 267 Å². The number of hydrogen-bond acceptors (Lipinski definition) is 0. The molecule has 0 nitrogen and oxygen atoms in total. The summed E-state index contributed by atoms with van der Waals surface area (Å²) in [5.74, 6) is 1.40. The van der Waals surface area contributed by atoms with Crippen LogP contribution < -0.4 is 0 Å². The van der Waals surface area contributed by atoms with Gasteiger partial charge in [-0.3, -0.25) is 0 Å². The van der Waals surface area contributed by atoms with Crippen LogP contribution in [0.1, 0.15) is 117 Å². The Hall–Kier alpha value is -7.54. The van der Waals surface area contributed by atoms with E-state index in [0.29, 0.717) is 5.92 Å². The molecular formula is C75H74. The van der Waals surface area contributed by atoms with Gasteiger partial charge in [0.15, 0.2) is 0 Å². The van der Waals surface area contributed by atoms with Crippen LogP contribution in [0.3, 0.4) is 0 Å². The van der Waals surface area contributed by atoms with Gasteiger partial charge in [0.25, 0.3) is 0 Å². The maximum atomic E-state index is 4.27. The minimum atomic E-state index is -0.220. The summed E-state index contributed by atoms with van der Waals surface area (Å²) >= 11 is 0. The molecule has 3 unspecified atom stereocenters. The van der Waals surface area contributed by atoms with Crippen molar-refractivity contribution in [2.45, 2.75) is 104 Å². The van der Waals surface area contributed by atoms with Crippen LogP contribution in [0.5, 0.6) is 0 Å². The van der Waals surface area contributed by atoms with Crippen LogP contribution >= 0.6 is 0 Å². The first-order chi connectivity index (χ1) is 36.8. The van der Waals surface area contributed by atoms with Gasteiger partial charge in [0.05, 0.1) is 5.41 Å². The average molecular weight is 975 g/mol. The second-order valence-corrected chi connectivity index (χ2v) is 21.2. The maximum absolute atomic E-state index is 4.27. The van der Waals surface area contributed by atoms with Crippen molar-refractivity contribution in [3.8, 4) is 44.5 Å². The van der Waals surface area contributed by atoms with Crippen molar-refractivity contribution >= 4 is 5.57 Å². The fourth-order valence-electron chi connectivity index (χ4n) is 12.6. The van der Waals surface area contributed by atoms with Gasteiger partial charge in [-0.2, -0.15) is 0 Å². The Bertz CT molecular complexity index is 3370. The van der Waals surface area contributed by atoms with Crippen molar-refractivity contribution in [3.63, 3.8) is 0 Å². The van der Waals surface area contributed by atoms with Crippen LogP contribution in [0.2, 0.25) is 0 Å². The quantitative estimate of drug-likeness (QED) is 0.146. The first kappa shape index (κ1) is 51.0. The third-order valence-corrected chi connectivity index (χ3v) is 16.3. The predicted molar refractivity (Wildman–Crippen MR) is 324 cm³/mol. The second kappa shape index (κ2) is 22.9. The Balaban J connectivity index is 0.000000125. The molecule has 7 aromatic carbocycles. The van der Waals surface area contributed by atoms with Crippen LogP contribution in [0.15, 0.2) is 253 Å². The number of fused-ring (bicyclic) bond motifs is 11. The molecule has 0 fully saturated rings. The smallest absolute Gasteiger partial charge is 0.0721 e. The molecule has 1 spiro atoms. The number of benzene rings is 7. The van der Waals surface area contributed by atoms with Gasteiger partial charge in [-0.15, -0.1) is 0 Å². The van der Waals surface area contributed by atoms with Gasteiger partial charge >= 0.3 is 0 Å². The van der Waals surface area contributed by atoms with Crippen LogP contribution in [0, 0.1) is 26.7 Å². The van der Waals surface area contributed by atoms with E-state index in [1.807, 2.05) is 0 Å². The van der Waals surface area contributed by atoms with E-state index in [9.17, 15) is 0 Å². The highest BCUT2D eigenvalue weighted by Gasteiger charge is 2.52. The maximum Gasteiger partial charge on any atom is 0.0721 e. The number of hydrogen-bond donors (Lipinski definition) is 0. The fraction of sp³-hybridized carbons (Fsp3) is 0.227. The van der Waals surface area contributed by atoms with Crippen LogP contribution in [0.25, 0.3) is 50.1 Å². The van der Waals surface area contributed by atoms with Crippen LogP contribution in [-0.2, 0) is 5.41 Å². The first-order valence-electron chi connectivity index (χ1n) is 27.9. The molecule has 0 heterocycles. The largest absolute Gasteiger partial charge is 0.0987 e. The van der Waals surface area contributed by atoms with Gasteiger partial charge in [0.1, 0.15) is 0 Å². The van der Waals surface area contributed by atoms with Gasteiger partial charge < -0.3 is 0 Å². The molecule has 0 amide bonds. The minimum absolute atomic E-state index is 0.220. The number of unbranched alkanes of at least 4 members (excludes halogenated alkanes) is 1. The van der Waals surface area contributed by atoms with Crippen molar-refractivity contribution in [3.05, 3.63) is 292 Å². The molecule has 0 aliphatic heterocycles. The van der Waals surface area contributed by atoms with Crippen LogP contribution in [0.4, 0.5) is 0 Å². The lowest BCUT2D eigenvalue weighted by atomic mass is 9.66. The van der Waals surface area contributed by atoms with Gasteiger partial charge in [0.2, 0.25) is 0 Å². The van der Waals surface area contributed by atoms with E-state index in [1.165, 1.54) is 144 Å². The zero-order valence-electron chi connectivity index (χ0n) is 45.3. The van der Waals surface area contributed by atoms with E-state index in [0.717, 1.165) is 18.8 Å². The summed E-state index contributed by atoms with van der Waals surface area (Å²) in [5.41, 5.74) is 28.8. The highest BCUT2D eigenvalue weighted by Crippen LogP contribution is 2.63. The summed E-state index contributed by atoms with van der Waals surface area (Å²) in [5, 5.41) is 0. The molecule has 0 saturated carbocycles. The SMILES string of the molecule is C=CC1=C(/C=C\C)C2=C(C=CCC2)C12c1ccccc1-c1cc(C)ccc12.CCCC.Cc1ccc(-c2cc(-c3ccccc3)cc(-c3ccccc3)c2)cc1.Cc1ccc2c(c1)C1C=CCCC1C1=C2C=CCC1. The van der Waals surface area contributed by atoms with Gasteiger partial charge in [-0.25, -0.2) is 0 Å². The summed E-state index contributed by atoms with van der Waals surface area (Å²) in [6.07, 6.45) is 30.8. The van der Waals surface area contributed by atoms with Crippen molar-refractivity contribution in [2.75, 3.05) is 0 Å². The van der Waals surface area contributed by atoms with Crippen LogP contribution in [-0.4, -0.2) is 0 Å². The molecule has 6 aliphatic rings. The van der Waals surface area contributed by atoms with Crippen molar-refractivity contribution < 1.29 is 0 Å². The molecule has 374 valence electrons. The summed E-state index contributed by atoms with van der Waals surface area (Å²) in [4.78, 5) is 0. The normalized spacial score (nSPS) is 19.1. The monoisotopic (exact) mass is 975 g/mol. The number of rotatable bonds is 6. The van der Waals surface area contributed by atoms with Gasteiger partial charge in [-0.05, 0) is 185 Å². The molecular weight excluding hydrogens is 901 g/mol. The molecule has 0 saturated heterocycles. The summed E-state index contributed by atoms with van der Waals surface area (Å²) in [6, 6.07) is 59.7. The molecule has 7 aromatic rings. The second-order valence-electron chi connectivity index (χ2n) is 21.2. The molecule has 13 rings (SSSR count). The molecule has 0 N–H and O–H groups in total. The fourth-order valence-corrected chi connectivity index (χ4v) is 12.6. The first-order valence-corrected chi connectivity index (χ1v) is 27.9. The van der Waals surface area contributed by atoms with E-state index >= 15 is 0 Å². The Labute approximate surface area is 449 Å². The highest BCUT2D eigenvalue weighted by molar-refractivity contribution is 5.91. The Morgan fingerprint density at radius 2 is 1.12 bits per heavy atom. The van der Waals surface area contributed by atoms with E-state index in [4.69, 9.17) is 0 Å². The summed E-state index contributed by atoms with van der Waals surface area (Å²) < 4.78 is 0. The van der Waals surface area contributed by atoms with Gasteiger partial charge in [-0.1, -0.05) is 256 Å². The third-order valence-electron chi connectivity index (χ3n) is 16.3. The number of allylic oxidation sites excluding steroid dienone is 15. The molecule has 0 heteroatoms. The van der Waals surface area contributed by atoms with E-state index < -0.39 is 0 Å². The summed E-state index contributed by atoms with van der Waals surface area (Å²) in [7, 11) is 0. The minimum Gasteiger partial charge on any atom is -0.0987 e. The van der Waals surface area contributed by atoms with Gasteiger partial charge in [0, 0.05) is 5.92 Å². The number of aryl methyl sites for hydroxylation is 3. The molecule has 0 aromatic heterocycles. The van der Waals surface area contributed by atoms with Crippen molar-refractivity contribution in [1.29, 1.82) is 0 Å². The highest BCUT2D eigenvalue weighted by atomic mass is 14.5. The average Bonchev–Trinajstić information content (AvgIpc) is 3.97. The molecule has 3 atom stereocenters. The standard InChI is InChI=1S/C27H24.C25H20.C19H20.C4H10/c1-4-10-19-20-11-6-8-13-24(20)27(23(19)5-2)25-14-9-7-12-21(25)22-17-18(3)15-16-26(22)27;1-19-12-14-22(15-13-19)25-17-23(20-8-4-2-5-9-20)16-24(18-25)21-10-6-3-7-11-21;1-13-10-11-18-16-8-3-2-6-14(16)15-7-4-5-9-17(15)19(18)12-13;1-3-4-2/h4-5,7-10,12-17H,2,6,11H2,1,3H3;2-18H,1H3;3,5,8-12,15,17H,2,4,6-7H2,1H3;3-4H2,1-2H3/b10-4-;;;. The lowest BCUT2D eigenvalue weighted by Crippen LogP contribution is -2.27. The van der Waals surface area contributed by atoms with Crippen molar-refractivity contribution in [1.82, 2.24) is 0 Å². The van der Waals surface area contributed by atoms with E-state index in [-0.39, 0.29) is 5.41 Å². The lowest BCUT2D eigenvalue weighted by molar-refractivity contribution is 0.472. The van der Waals surface area contributed by atoms with E-state index in [1.54, 1.807) is 11.1 Å². The van der Waals surface area contributed by atoms with Crippen molar-refractivity contribution in [2.24, 2.45) is 5.92 Å².